The zero-order chi connectivity index (χ0) is 17.8. The zero-order valence-electron chi connectivity index (χ0n) is 13.6. The maximum Gasteiger partial charge on any atom is 0.289 e. The number of ether oxygens (including phenoxy) is 2. The van der Waals surface area contributed by atoms with Crippen LogP contribution in [0.1, 0.15) is 23.4 Å². The first-order valence-electron chi connectivity index (χ1n) is 7.81. The van der Waals surface area contributed by atoms with E-state index in [0.29, 0.717) is 19.4 Å². The summed E-state index contributed by atoms with van der Waals surface area (Å²) in [6, 6.07) is 3.84. The molecule has 3 rings (SSSR count). The van der Waals surface area contributed by atoms with Crippen molar-refractivity contribution in [2.24, 2.45) is 0 Å². The maximum atomic E-state index is 13.7. The highest BCUT2D eigenvalue weighted by Gasteiger charge is 2.28. The third kappa shape index (κ3) is 3.78. The molecule has 0 spiro atoms. The summed E-state index contributed by atoms with van der Waals surface area (Å²) in [4.78, 5) is 29.7. The average molecular weight is 348 g/mol. The van der Waals surface area contributed by atoms with Crippen molar-refractivity contribution in [1.29, 1.82) is 0 Å². The molecular formula is C17H17FN2O5. The quantitative estimate of drug-likeness (QED) is 0.839. The molecule has 1 aliphatic heterocycles. The van der Waals surface area contributed by atoms with Gasteiger partial charge in [-0.25, -0.2) is 9.37 Å². The molecule has 0 bridgehead atoms. The molecule has 1 saturated heterocycles. The lowest BCUT2D eigenvalue weighted by molar-refractivity contribution is 0.0488. The normalized spacial score (nSPS) is 17.2. The Morgan fingerprint density at radius 3 is 3.04 bits per heavy atom. The molecule has 8 heteroatoms. The van der Waals surface area contributed by atoms with Crippen LogP contribution in [0, 0.1) is 5.82 Å². The Bertz CT molecular complexity index is 823. The van der Waals surface area contributed by atoms with Gasteiger partial charge in [0.25, 0.3) is 11.8 Å². The fraction of sp³-hybridized carbons (Fsp3) is 0.353. The summed E-state index contributed by atoms with van der Waals surface area (Å²) in [7, 11) is 1.34. The van der Waals surface area contributed by atoms with E-state index in [1.54, 1.807) is 0 Å². The molecule has 1 aliphatic rings. The molecule has 3 heterocycles. The van der Waals surface area contributed by atoms with E-state index >= 15 is 0 Å². The van der Waals surface area contributed by atoms with Crippen LogP contribution in [-0.2, 0) is 0 Å². The van der Waals surface area contributed by atoms with Crippen LogP contribution in [0.5, 0.6) is 11.6 Å². The van der Waals surface area contributed by atoms with Crippen molar-refractivity contribution in [2.45, 2.75) is 18.9 Å². The topological polar surface area (TPSA) is 81.9 Å². The molecule has 25 heavy (non-hydrogen) atoms. The number of likely N-dealkylation sites (tertiary alicyclic amines) is 1. The van der Waals surface area contributed by atoms with Gasteiger partial charge >= 0.3 is 0 Å². The predicted octanol–water partition coefficient (Wildman–Crippen LogP) is 1.87. The minimum Gasteiger partial charge on any atom is -0.490 e. The molecule has 0 aromatic carbocycles. The smallest absolute Gasteiger partial charge is 0.289 e. The summed E-state index contributed by atoms with van der Waals surface area (Å²) < 4.78 is 29.2. The lowest BCUT2D eigenvalue weighted by Crippen LogP contribution is -2.44. The van der Waals surface area contributed by atoms with E-state index in [9.17, 15) is 14.0 Å². The third-order valence-electron chi connectivity index (χ3n) is 3.90. The van der Waals surface area contributed by atoms with Gasteiger partial charge in [0.2, 0.25) is 11.2 Å². The Labute approximate surface area is 143 Å². The number of hydrogen-bond acceptors (Lipinski definition) is 6. The Hall–Kier alpha value is -2.90. The Balaban J connectivity index is 1.70. The molecule has 1 fully saturated rings. The number of nitrogens with zero attached hydrogens (tertiary/aromatic N) is 2. The van der Waals surface area contributed by atoms with Crippen LogP contribution < -0.4 is 14.9 Å². The van der Waals surface area contributed by atoms with Gasteiger partial charge in [-0.3, -0.25) is 9.59 Å². The van der Waals surface area contributed by atoms with Gasteiger partial charge < -0.3 is 18.8 Å². The summed E-state index contributed by atoms with van der Waals surface area (Å²) in [5, 5.41) is 0. The number of pyridine rings is 1. The van der Waals surface area contributed by atoms with Gasteiger partial charge in [0.05, 0.1) is 13.7 Å². The second-order valence-electron chi connectivity index (χ2n) is 5.60. The highest BCUT2D eigenvalue weighted by atomic mass is 19.1. The summed E-state index contributed by atoms with van der Waals surface area (Å²) >= 11 is 0. The molecule has 132 valence electrons. The zero-order valence-corrected chi connectivity index (χ0v) is 13.6. The number of amides is 1. The summed E-state index contributed by atoms with van der Waals surface area (Å²) in [6.07, 6.45) is 3.52. The number of rotatable bonds is 4. The molecule has 0 saturated carbocycles. The Kier molecular flexibility index (Phi) is 4.97. The van der Waals surface area contributed by atoms with Crippen LogP contribution in [0.15, 0.2) is 39.9 Å². The van der Waals surface area contributed by atoms with Crippen LogP contribution in [0.4, 0.5) is 4.39 Å². The SMILES string of the molecule is COc1coc(C(=O)N2CCC[C@@H](Oc3ncccc3F)C2)cc1=O. The van der Waals surface area contributed by atoms with Crippen LogP contribution in [-0.4, -0.2) is 42.1 Å². The second kappa shape index (κ2) is 7.33. The van der Waals surface area contributed by atoms with E-state index in [0.717, 1.165) is 12.3 Å². The standard InChI is InChI=1S/C17H17FN2O5/c1-23-15-10-24-14(8-13(15)21)17(22)20-7-3-4-11(9-20)25-16-12(18)5-2-6-19-16/h2,5-6,8,10-11H,3-4,7,9H2,1H3/t11-/m1/s1. The molecule has 2 aromatic rings. The number of aromatic nitrogens is 1. The van der Waals surface area contributed by atoms with Crippen molar-refractivity contribution < 1.29 is 23.1 Å². The van der Waals surface area contributed by atoms with Crippen molar-refractivity contribution in [3.8, 4) is 11.6 Å². The monoisotopic (exact) mass is 348 g/mol. The minimum absolute atomic E-state index is 0.0297. The van der Waals surface area contributed by atoms with E-state index in [-0.39, 0.29) is 30.0 Å². The van der Waals surface area contributed by atoms with Crippen LogP contribution in [0.2, 0.25) is 0 Å². The molecule has 0 unspecified atom stereocenters. The molecule has 2 aromatic heterocycles. The minimum atomic E-state index is -0.549. The van der Waals surface area contributed by atoms with E-state index in [2.05, 4.69) is 4.98 Å². The Morgan fingerprint density at radius 2 is 2.32 bits per heavy atom. The van der Waals surface area contributed by atoms with Gasteiger partial charge in [-0.15, -0.1) is 0 Å². The van der Waals surface area contributed by atoms with Gasteiger partial charge in [0, 0.05) is 18.8 Å². The van der Waals surface area contributed by atoms with Crippen molar-refractivity contribution in [3.63, 3.8) is 0 Å². The summed E-state index contributed by atoms with van der Waals surface area (Å²) in [5.41, 5.74) is -0.433. The fourth-order valence-electron chi connectivity index (χ4n) is 2.65. The van der Waals surface area contributed by atoms with Crippen molar-refractivity contribution in [1.82, 2.24) is 9.88 Å². The largest absolute Gasteiger partial charge is 0.490 e. The van der Waals surface area contributed by atoms with Crippen LogP contribution >= 0.6 is 0 Å². The average Bonchev–Trinajstić information content (AvgIpc) is 2.63. The molecule has 0 N–H and O–H groups in total. The number of carbonyl (C=O) groups excluding carboxylic acids is 1. The third-order valence-corrected chi connectivity index (χ3v) is 3.90. The molecule has 7 nitrogen and oxygen atoms in total. The first kappa shape index (κ1) is 16.9. The van der Waals surface area contributed by atoms with Crippen molar-refractivity contribution >= 4 is 5.91 Å². The van der Waals surface area contributed by atoms with Crippen LogP contribution in [0.3, 0.4) is 0 Å². The lowest BCUT2D eigenvalue weighted by atomic mass is 10.1. The Morgan fingerprint density at radius 1 is 1.48 bits per heavy atom. The van der Waals surface area contributed by atoms with E-state index in [4.69, 9.17) is 13.9 Å². The van der Waals surface area contributed by atoms with E-state index < -0.39 is 17.2 Å². The van der Waals surface area contributed by atoms with E-state index in [1.165, 1.54) is 30.3 Å². The number of methoxy groups -OCH3 is 1. The van der Waals surface area contributed by atoms with Crippen molar-refractivity contribution in [3.05, 3.63) is 52.5 Å². The molecule has 0 radical (unpaired) electrons. The molecule has 0 aliphatic carbocycles. The number of hydrogen-bond donors (Lipinski definition) is 0. The van der Waals surface area contributed by atoms with E-state index in [1.807, 2.05) is 0 Å². The van der Waals surface area contributed by atoms with Gasteiger partial charge in [0.1, 0.15) is 12.4 Å². The highest BCUT2D eigenvalue weighted by molar-refractivity contribution is 5.91. The predicted molar refractivity (Wildman–Crippen MR) is 85.3 cm³/mol. The first-order chi connectivity index (χ1) is 12.1. The lowest BCUT2D eigenvalue weighted by Gasteiger charge is -2.32. The van der Waals surface area contributed by atoms with Gasteiger partial charge in [-0.2, -0.15) is 0 Å². The summed E-state index contributed by atoms with van der Waals surface area (Å²) in [5.74, 6) is -1.10. The second-order valence-corrected chi connectivity index (χ2v) is 5.60. The number of piperidine rings is 1. The van der Waals surface area contributed by atoms with Gasteiger partial charge in [-0.1, -0.05) is 0 Å². The summed E-state index contributed by atoms with van der Waals surface area (Å²) in [6.45, 7) is 0.754. The maximum absolute atomic E-state index is 13.7. The molecular weight excluding hydrogens is 331 g/mol. The van der Waals surface area contributed by atoms with Crippen molar-refractivity contribution in [2.75, 3.05) is 20.2 Å². The first-order valence-corrected chi connectivity index (χ1v) is 7.81. The molecule has 1 amide bonds. The fourth-order valence-corrected chi connectivity index (χ4v) is 2.65. The number of carbonyl (C=O) groups is 1. The van der Waals surface area contributed by atoms with Gasteiger partial charge in [0.15, 0.2) is 11.6 Å². The van der Waals surface area contributed by atoms with Gasteiger partial charge in [-0.05, 0) is 25.0 Å². The highest BCUT2D eigenvalue weighted by Crippen LogP contribution is 2.20. The molecule has 1 atom stereocenters. The van der Waals surface area contributed by atoms with Crippen LogP contribution in [0.25, 0.3) is 0 Å². The number of halogens is 1.